The smallest absolute Gasteiger partial charge is 0.290 e. The molecular formula is C27H24N2O3. The van der Waals surface area contributed by atoms with Crippen molar-refractivity contribution in [2.24, 2.45) is 0 Å². The highest BCUT2D eigenvalue weighted by Gasteiger charge is 2.38. The number of fused-ring (bicyclic) bond motifs is 1. The van der Waals surface area contributed by atoms with Crippen molar-refractivity contribution >= 4 is 22.8 Å². The largest absolute Gasteiger partial charge is 0.451 e. The van der Waals surface area contributed by atoms with Crippen LogP contribution in [0.25, 0.3) is 11.0 Å². The number of furan rings is 1. The minimum atomic E-state index is -0.574. The lowest BCUT2D eigenvalue weighted by Gasteiger charge is -2.40. The molecule has 0 unspecified atom stereocenters. The number of piperazine rings is 1. The van der Waals surface area contributed by atoms with Crippen LogP contribution < -0.4 is 0 Å². The van der Waals surface area contributed by atoms with Crippen LogP contribution in [0.2, 0.25) is 0 Å². The highest BCUT2D eigenvalue weighted by Crippen LogP contribution is 2.24. The van der Waals surface area contributed by atoms with E-state index in [4.69, 9.17) is 4.42 Å². The van der Waals surface area contributed by atoms with E-state index in [2.05, 4.69) is 0 Å². The van der Waals surface area contributed by atoms with Gasteiger partial charge in [-0.05, 0) is 23.3 Å². The van der Waals surface area contributed by atoms with Crippen LogP contribution in [0.15, 0.2) is 95.4 Å². The number of carbonyl (C=O) groups is 2. The third-order valence-corrected chi connectivity index (χ3v) is 5.97. The molecular weight excluding hydrogens is 400 g/mol. The molecule has 1 aliphatic rings. The van der Waals surface area contributed by atoms with E-state index in [1.165, 1.54) is 0 Å². The van der Waals surface area contributed by atoms with Crippen molar-refractivity contribution in [1.29, 1.82) is 0 Å². The summed E-state index contributed by atoms with van der Waals surface area (Å²) in [5, 5.41) is 0.879. The zero-order chi connectivity index (χ0) is 21.9. The monoisotopic (exact) mass is 424 g/mol. The summed E-state index contributed by atoms with van der Waals surface area (Å²) in [7, 11) is 0. The Balaban J connectivity index is 1.43. The minimum Gasteiger partial charge on any atom is -0.451 e. The third-order valence-electron chi connectivity index (χ3n) is 5.97. The number of nitrogens with zero attached hydrogens (tertiary/aromatic N) is 2. The summed E-state index contributed by atoms with van der Waals surface area (Å²) in [5.74, 6) is -0.00293. The molecule has 5 nitrogen and oxygen atoms in total. The van der Waals surface area contributed by atoms with Gasteiger partial charge in [0.1, 0.15) is 11.6 Å². The number of benzene rings is 3. The Hall–Kier alpha value is -3.86. The Labute approximate surface area is 186 Å². The molecule has 0 radical (unpaired) electrons. The topological polar surface area (TPSA) is 53.8 Å². The summed E-state index contributed by atoms with van der Waals surface area (Å²) in [5.41, 5.74) is 2.77. The average Bonchev–Trinajstić information content (AvgIpc) is 3.27. The Morgan fingerprint density at radius 3 is 2.22 bits per heavy atom. The van der Waals surface area contributed by atoms with Crippen LogP contribution in [0.4, 0.5) is 0 Å². The highest BCUT2D eigenvalue weighted by atomic mass is 16.3. The Bertz CT molecular complexity index is 1200. The van der Waals surface area contributed by atoms with Crippen LogP contribution >= 0.6 is 0 Å². The van der Waals surface area contributed by atoms with E-state index in [1.54, 1.807) is 11.0 Å². The maximum atomic E-state index is 13.6. The van der Waals surface area contributed by atoms with Crippen LogP contribution in [-0.2, 0) is 17.8 Å². The van der Waals surface area contributed by atoms with Crippen molar-refractivity contribution in [3.63, 3.8) is 0 Å². The second-order valence-corrected chi connectivity index (χ2v) is 8.10. The molecule has 1 aromatic heterocycles. The fraction of sp³-hybridized carbons (Fsp3) is 0.185. The van der Waals surface area contributed by atoms with Gasteiger partial charge in [-0.3, -0.25) is 9.59 Å². The molecule has 2 heterocycles. The summed E-state index contributed by atoms with van der Waals surface area (Å²) >= 11 is 0. The molecule has 2 amide bonds. The molecule has 5 rings (SSSR count). The second kappa shape index (κ2) is 8.71. The SMILES string of the molecule is O=C1[C@H](Cc2ccccc2)N(C(=O)c2cc3ccccc3o2)CCN1Cc1ccccc1. The van der Waals surface area contributed by atoms with E-state index in [-0.39, 0.29) is 17.6 Å². The first-order valence-electron chi connectivity index (χ1n) is 10.9. The molecule has 0 saturated carbocycles. The van der Waals surface area contributed by atoms with Crippen LogP contribution in [0.1, 0.15) is 21.7 Å². The summed E-state index contributed by atoms with van der Waals surface area (Å²) in [6, 6.07) is 28.5. The quantitative estimate of drug-likeness (QED) is 0.473. The maximum absolute atomic E-state index is 13.6. The van der Waals surface area contributed by atoms with E-state index in [0.29, 0.717) is 31.6 Å². The van der Waals surface area contributed by atoms with Crippen molar-refractivity contribution in [2.75, 3.05) is 13.1 Å². The van der Waals surface area contributed by atoms with Crippen molar-refractivity contribution in [1.82, 2.24) is 9.80 Å². The lowest BCUT2D eigenvalue weighted by Crippen LogP contribution is -2.59. The zero-order valence-corrected chi connectivity index (χ0v) is 17.7. The van der Waals surface area contributed by atoms with Gasteiger partial charge < -0.3 is 14.2 Å². The second-order valence-electron chi connectivity index (χ2n) is 8.10. The molecule has 0 aliphatic carbocycles. The van der Waals surface area contributed by atoms with Gasteiger partial charge in [0.2, 0.25) is 5.91 Å². The molecule has 1 fully saturated rings. The van der Waals surface area contributed by atoms with Gasteiger partial charge in [0.05, 0.1) is 0 Å². The number of hydrogen-bond acceptors (Lipinski definition) is 3. The molecule has 1 atom stereocenters. The number of hydrogen-bond donors (Lipinski definition) is 0. The minimum absolute atomic E-state index is 0.0339. The zero-order valence-electron chi connectivity index (χ0n) is 17.7. The molecule has 5 heteroatoms. The fourth-order valence-electron chi connectivity index (χ4n) is 4.31. The van der Waals surface area contributed by atoms with Gasteiger partial charge in [-0.25, -0.2) is 0 Å². The lowest BCUT2D eigenvalue weighted by molar-refractivity contribution is -0.140. The first kappa shape index (κ1) is 20.1. The molecule has 32 heavy (non-hydrogen) atoms. The van der Waals surface area contributed by atoms with Gasteiger partial charge in [0.15, 0.2) is 5.76 Å². The van der Waals surface area contributed by atoms with E-state index in [0.717, 1.165) is 16.5 Å². The standard InChI is InChI=1S/C27H24N2O3/c30-26-23(17-20-9-3-1-4-10-20)29(16-15-28(26)19-21-11-5-2-6-12-21)27(31)25-18-22-13-7-8-14-24(22)32-25/h1-14,18,23H,15-17,19H2/t23-/m0/s1. The van der Waals surface area contributed by atoms with Gasteiger partial charge in [0.25, 0.3) is 5.91 Å². The molecule has 4 aromatic rings. The predicted molar refractivity (Wildman–Crippen MR) is 123 cm³/mol. The Morgan fingerprint density at radius 1 is 0.844 bits per heavy atom. The number of amides is 2. The van der Waals surface area contributed by atoms with Crippen molar-refractivity contribution in [3.8, 4) is 0 Å². The molecule has 1 aliphatic heterocycles. The first-order valence-corrected chi connectivity index (χ1v) is 10.9. The highest BCUT2D eigenvalue weighted by molar-refractivity contribution is 5.99. The molecule has 0 spiro atoms. The van der Waals surface area contributed by atoms with Crippen LogP contribution in [0, 0.1) is 0 Å². The van der Waals surface area contributed by atoms with Gasteiger partial charge in [-0.15, -0.1) is 0 Å². The van der Waals surface area contributed by atoms with Crippen molar-refractivity contribution in [2.45, 2.75) is 19.0 Å². The first-order chi connectivity index (χ1) is 15.7. The van der Waals surface area contributed by atoms with Gasteiger partial charge in [-0.1, -0.05) is 78.9 Å². The van der Waals surface area contributed by atoms with Crippen molar-refractivity contribution in [3.05, 3.63) is 108 Å². The van der Waals surface area contributed by atoms with Crippen LogP contribution in [-0.4, -0.2) is 40.7 Å². The van der Waals surface area contributed by atoms with E-state index in [1.807, 2.05) is 89.8 Å². The predicted octanol–water partition coefficient (Wildman–Crippen LogP) is 4.53. The van der Waals surface area contributed by atoms with Crippen molar-refractivity contribution < 1.29 is 14.0 Å². The van der Waals surface area contributed by atoms with Gasteiger partial charge in [-0.2, -0.15) is 0 Å². The number of para-hydroxylation sites is 1. The summed E-state index contributed by atoms with van der Waals surface area (Å²) < 4.78 is 5.82. The third kappa shape index (κ3) is 4.02. The molecule has 1 saturated heterocycles. The van der Waals surface area contributed by atoms with E-state index in [9.17, 15) is 9.59 Å². The number of rotatable bonds is 5. The van der Waals surface area contributed by atoms with Gasteiger partial charge >= 0.3 is 0 Å². The summed E-state index contributed by atoms with van der Waals surface area (Å²) in [4.78, 5) is 30.5. The fourth-order valence-corrected chi connectivity index (χ4v) is 4.31. The number of carbonyl (C=O) groups excluding carboxylic acids is 2. The van der Waals surface area contributed by atoms with Crippen LogP contribution in [0.3, 0.4) is 0 Å². The molecule has 0 N–H and O–H groups in total. The summed E-state index contributed by atoms with van der Waals surface area (Å²) in [6.45, 7) is 1.49. The van der Waals surface area contributed by atoms with Crippen LogP contribution in [0.5, 0.6) is 0 Å². The lowest BCUT2D eigenvalue weighted by atomic mass is 10.00. The van der Waals surface area contributed by atoms with Gasteiger partial charge in [0, 0.05) is 31.4 Å². The molecule has 160 valence electrons. The average molecular weight is 425 g/mol. The molecule has 0 bridgehead atoms. The maximum Gasteiger partial charge on any atom is 0.290 e. The Morgan fingerprint density at radius 2 is 1.50 bits per heavy atom. The van der Waals surface area contributed by atoms with E-state index < -0.39 is 6.04 Å². The summed E-state index contributed by atoms with van der Waals surface area (Å²) in [6.07, 6.45) is 0.469. The van der Waals surface area contributed by atoms with E-state index >= 15 is 0 Å². The molecule has 3 aromatic carbocycles. The Kier molecular flexibility index (Phi) is 5.46. The normalized spacial score (nSPS) is 16.5.